The molecule has 0 radical (unpaired) electrons. The molecule has 0 fully saturated rings. The van der Waals surface area contributed by atoms with Crippen molar-refractivity contribution >= 4 is 16.9 Å². The highest BCUT2D eigenvalue weighted by Gasteiger charge is 2.11. The molecule has 108 valence electrons. The van der Waals surface area contributed by atoms with Gasteiger partial charge >= 0.3 is 0 Å². The first-order chi connectivity index (χ1) is 9.63. The van der Waals surface area contributed by atoms with Gasteiger partial charge in [0.25, 0.3) is 0 Å². The van der Waals surface area contributed by atoms with E-state index in [1.165, 1.54) is 6.07 Å². The normalized spacial score (nSPS) is 12.6. The van der Waals surface area contributed by atoms with Crippen molar-refractivity contribution in [3.63, 3.8) is 0 Å². The van der Waals surface area contributed by atoms with Gasteiger partial charge in [0.15, 0.2) is 5.82 Å². The number of aryl methyl sites for hydroxylation is 1. The predicted octanol–water partition coefficient (Wildman–Crippen LogP) is 1.52. The Labute approximate surface area is 116 Å². The summed E-state index contributed by atoms with van der Waals surface area (Å²) >= 11 is 0. The summed E-state index contributed by atoms with van der Waals surface area (Å²) in [5.74, 6) is 0.0601. The van der Waals surface area contributed by atoms with Gasteiger partial charge in [-0.05, 0) is 18.6 Å². The molecule has 1 aromatic heterocycles. The number of aliphatic hydroxyl groups excluding tert-OH is 1. The fourth-order valence-electron chi connectivity index (χ4n) is 1.98. The number of aromatic nitrogens is 2. The van der Waals surface area contributed by atoms with Gasteiger partial charge in [-0.25, -0.2) is 9.37 Å². The first-order valence-electron chi connectivity index (χ1n) is 6.67. The van der Waals surface area contributed by atoms with E-state index in [-0.39, 0.29) is 30.8 Å². The standard InChI is InChI=1S/C14H18FN3O2/c1-2-9(8-19)16-13(20)7-6-12-17-11-5-3-4-10(15)14(11)18-12/h3-5,9,19H,2,6-8H2,1H3,(H,16,20)(H,17,18). The number of nitrogens with one attached hydrogen (secondary N) is 2. The number of nitrogens with zero attached hydrogens (tertiary/aromatic N) is 1. The number of aliphatic hydroxyl groups is 1. The van der Waals surface area contributed by atoms with Crippen LogP contribution in [-0.4, -0.2) is 33.6 Å². The molecule has 3 N–H and O–H groups in total. The molecule has 0 saturated heterocycles. The third-order valence-electron chi connectivity index (χ3n) is 3.18. The molecule has 2 aromatic rings. The molecule has 1 aromatic carbocycles. The SMILES string of the molecule is CCC(CO)NC(=O)CCc1nc2c(F)cccc2[nH]1. The molecule has 1 heterocycles. The molecule has 0 spiro atoms. The van der Waals surface area contributed by atoms with Gasteiger partial charge in [-0.1, -0.05) is 13.0 Å². The average molecular weight is 279 g/mol. The number of fused-ring (bicyclic) bond motifs is 1. The Hall–Kier alpha value is -1.95. The van der Waals surface area contributed by atoms with Crippen molar-refractivity contribution < 1.29 is 14.3 Å². The molecule has 5 nitrogen and oxygen atoms in total. The van der Waals surface area contributed by atoms with Crippen LogP contribution in [0.5, 0.6) is 0 Å². The van der Waals surface area contributed by atoms with Crippen molar-refractivity contribution in [3.8, 4) is 0 Å². The van der Waals surface area contributed by atoms with Gasteiger partial charge in [-0.3, -0.25) is 4.79 Å². The second kappa shape index (κ2) is 6.47. The van der Waals surface area contributed by atoms with Crippen LogP contribution in [0.15, 0.2) is 18.2 Å². The molecular formula is C14H18FN3O2. The summed E-state index contributed by atoms with van der Waals surface area (Å²) in [7, 11) is 0. The number of hydrogen-bond donors (Lipinski definition) is 3. The maximum Gasteiger partial charge on any atom is 0.220 e. The molecule has 1 atom stereocenters. The minimum atomic E-state index is -0.374. The van der Waals surface area contributed by atoms with Crippen LogP contribution in [-0.2, 0) is 11.2 Å². The zero-order valence-electron chi connectivity index (χ0n) is 11.3. The Balaban J connectivity index is 1.96. The number of carbonyl (C=O) groups excluding carboxylic acids is 1. The lowest BCUT2D eigenvalue weighted by Crippen LogP contribution is -2.37. The first-order valence-corrected chi connectivity index (χ1v) is 6.67. The number of benzene rings is 1. The van der Waals surface area contributed by atoms with E-state index in [1.807, 2.05) is 6.92 Å². The van der Waals surface area contributed by atoms with E-state index < -0.39 is 0 Å². The van der Waals surface area contributed by atoms with Crippen LogP contribution in [0.1, 0.15) is 25.6 Å². The lowest BCUT2D eigenvalue weighted by Gasteiger charge is -2.13. The second-order valence-electron chi connectivity index (χ2n) is 4.67. The van der Waals surface area contributed by atoms with E-state index in [1.54, 1.807) is 12.1 Å². The zero-order chi connectivity index (χ0) is 14.5. The Morgan fingerprint density at radius 2 is 2.35 bits per heavy atom. The van der Waals surface area contributed by atoms with Crippen molar-refractivity contribution in [3.05, 3.63) is 29.8 Å². The van der Waals surface area contributed by atoms with E-state index in [0.717, 1.165) is 0 Å². The molecule has 0 bridgehead atoms. The number of amides is 1. The van der Waals surface area contributed by atoms with E-state index in [0.29, 0.717) is 29.7 Å². The number of hydrogen-bond acceptors (Lipinski definition) is 3. The van der Waals surface area contributed by atoms with Crippen molar-refractivity contribution in [2.75, 3.05) is 6.61 Å². The molecule has 0 saturated carbocycles. The molecule has 0 aliphatic heterocycles. The molecule has 1 unspecified atom stereocenters. The van der Waals surface area contributed by atoms with Gasteiger partial charge in [0, 0.05) is 12.8 Å². The third-order valence-corrected chi connectivity index (χ3v) is 3.18. The van der Waals surface area contributed by atoms with Crippen LogP contribution in [0.25, 0.3) is 11.0 Å². The largest absolute Gasteiger partial charge is 0.394 e. The molecule has 2 rings (SSSR count). The smallest absolute Gasteiger partial charge is 0.220 e. The van der Waals surface area contributed by atoms with Crippen molar-refractivity contribution in [1.29, 1.82) is 0 Å². The summed E-state index contributed by atoms with van der Waals surface area (Å²) in [5.41, 5.74) is 0.923. The molecule has 0 aliphatic carbocycles. The Morgan fingerprint density at radius 1 is 1.55 bits per heavy atom. The average Bonchev–Trinajstić information content (AvgIpc) is 2.87. The highest BCUT2D eigenvalue weighted by atomic mass is 19.1. The monoisotopic (exact) mass is 279 g/mol. The predicted molar refractivity (Wildman–Crippen MR) is 73.7 cm³/mol. The number of aromatic amines is 1. The number of halogens is 1. The number of rotatable bonds is 6. The third kappa shape index (κ3) is 3.33. The van der Waals surface area contributed by atoms with Crippen LogP contribution >= 0.6 is 0 Å². The Kier molecular flexibility index (Phi) is 4.68. The van der Waals surface area contributed by atoms with Crippen LogP contribution < -0.4 is 5.32 Å². The van der Waals surface area contributed by atoms with Gasteiger partial charge in [-0.15, -0.1) is 0 Å². The van der Waals surface area contributed by atoms with E-state index in [2.05, 4.69) is 15.3 Å². The summed E-state index contributed by atoms with van der Waals surface area (Å²) in [6, 6.07) is 4.50. The first kappa shape index (κ1) is 14.5. The fraction of sp³-hybridized carbons (Fsp3) is 0.429. The van der Waals surface area contributed by atoms with E-state index in [4.69, 9.17) is 5.11 Å². The Bertz CT molecular complexity index is 593. The minimum Gasteiger partial charge on any atom is -0.394 e. The van der Waals surface area contributed by atoms with Crippen LogP contribution in [0.4, 0.5) is 4.39 Å². The number of para-hydroxylation sites is 1. The maximum absolute atomic E-state index is 13.5. The number of H-pyrrole nitrogens is 1. The van der Waals surface area contributed by atoms with Crippen LogP contribution in [0.2, 0.25) is 0 Å². The number of imidazole rings is 1. The molecule has 20 heavy (non-hydrogen) atoms. The van der Waals surface area contributed by atoms with Gasteiger partial charge in [-0.2, -0.15) is 0 Å². The second-order valence-corrected chi connectivity index (χ2v) is 4.67. The number of carbonyl (C=O) groups is 1. The van der Waals surface area contributed by atoms with Gasteiger partial charge in [0.05, 0.1) is 18.2 Å². The van der Waals surface area contributed by atoms with Crippen molar-refractivity contribution in [1.82, 2.24) is 15.3 Å². The maximum atomic E-state index is 13.5. The van der Waals surface area contributed by atoms with Crippen LogP contribution in [0.3, 0.4) is 0 Å². The minimum absolute atomic E-state index is 0.0713. The van der Waals surface area contributed by atoms with Gasteiger partial charge in [0.1, 0.15) is 11.3 Å². The summed E-state index contributed by atoms with van der Waals surface area (Å²) in [4.78, 5) is 18.8. The molecule has 1 amide bonds. The summed E-state index contributed by atoms with van der Waals surface area (Å²) in [6.07, 6.45) is 1.33. The highest BCUT2D eigenvalue weighted by molar-refractivity contribution is 5.77. The summed E-state index contributed by atoms with van der Waals surface area (Å²) in [5, 5.41) is 11.7. The quantitative estimate of drug-likeness (QED) is 0.750. The Morgan fingerprint density at radius 3 is 3.00 bits per heavy atom. The summed E-state index contributed by atoms with van der Waals surface area (Å²) < 4.78 is 13.5. The summed E-state index contributed by atoms with van der Waals surface area (Å²) in [6.45, 7) is 1.82. The van der Waals surface area contributed by atoms with Crippen molar-refractivity contribution in [2.24, 2.45) is 0 Å². The molecule has 6 heteroatoms. The van der Waals surface area contributed by atoms with Crippen molar-refractivity contribution in [2.45, 2.75) is 32.2 Å². The van der Waals surface area contributed by atoms with Crippen LogP contribution in [0, 0.1) is 5.82 Å². The van der Waals surface area contributed by atoms with Gasteiger partial charge in [0.2, 0.25) is 5.91 Å². The topological polar surface area (TPSA) is 78.0 Å². The zero-order valence-corrected chi connectivity index (χ0v) is 11.3. The van der Waals surface area contributed by atoms with E-state index >= 15 is 0 Å². The van der Waals surface area contributed by atoms with Gasteiger partial charge < -0.3 is 15.4 Å². The lowest BCUT2D eigenvalue weighted by atomic mass is 10.2. The molecule has 0 aliphatic rings. The van der Waals surface area contributed by atoms with E-state index in [9.17, 15) is 9.18 Å². The fourth-order valence-corrected chi connectivity index (χ4v) is 1.98. The lowest BCUT2D eigenvalue weighted by molar-refractivity contribution is -0.122. The highest BCUT2D eigenvalue weighted by Crippen LogP contribution is 2.15. The molecular weight excluding hydrogens is 261 g/mol.